The number of nitrogens with zero attached hydrogens (tertiary/aromatic N) is 1. The fourth-order valence-electron chi connectivity index (χ4n) is 2.57. The summed E-state index contributed by atoms with van der Waals surface area (Å²) >= 11 is 0. The van der Waals surface area contributed by atoms with Crippen LogP contribution in [0.4, 0.5) is 0 Å². The van der Waals surface area contributed by atoms with Crippen LogP contribution in [0.15, 0.2) is 0 Å². The minimum absolute atomic E-state index is 0.0360. The Hall–Kier alpha value is -1.10. The van der Waals surface area contributed by atoms with Gasteiger partial charge in [-0.1, -0.05) is 0 Å². The predicted molar refractivity (Wildman–Crippen MR) is 64.4 cm³/mol. The highest BCUT2D eigenvalue weighted by Crippen LogP contribution is 2.22. The Morgan fingerprint density at radius 1 is 1.41 bits per heavy atom. The second-order valence-corrected chi connectivity index (χ2v) is 5.35. The number of rotatable bonds is 1. The fourth-order valence-corrected chi connectivity index (χ4v) is 2.57. The van der Waals surface area contributed by atoms with E-state index in [2.05, 4.69) is 10.6 Å². The van der Waals surface area contributed by atoms with Gasteiger partial charge in [-0.3, -0.25) is 9.59 Å². The van der Waals surface area contributed by atoms with E-state index in [0.717, 1.165) is 25.9 Å². The molecule has 0 bridgehead atoms. The standard InChI is InChI=1S/C12H21N3O2/c1-12(2)11(17)14-6-7-15(12)10(16)9-4-3-5-13-8-9/h9,13H,3-8H2,1-2H3,(H,14,17)/t9-/m0/s1. The number of carbonyl (C=O) groups excluding carboxylic acids is 2. The predicted octanol–water partition coefficient (Wildman–Crippen LogP) is -0.277. The van der Waals surface area contributed by atoms with Crippen molar-refractivity contribution in [3.8, 4) is 0 Å². The zero-order chi connectivity index (χ0) is 12.5. The molecule has 2 saturated heterocycles. The van der Waals surface area contributed by atoms with Gasteiger partial charge in [-0.25, -0.2) is 0 Å². The van der Waals surface area contributed by atoms with Crippen molar-refractivity contribution < 1.29 is 9.59 Å². The molecule has 2 amide bonds. The minimum Gasteiger partial charge on any atom is -0.352 e. The van der Waals surface area contributed by atoms with E-state index in [4.69, 9.17) is 0 Å². The average Bonchev–Trinajstić information content (AvgIpc) is 2.33. The number of nitrogens with one attached hydrogen (secondary N) is 2. The molecule has 2 heterocycles. The van der Waals surface area contributed by atoms with Crippen LogP contribution in [0, 0.1) is 5.92 Å². The van der Waals surface area contributed by atoms with Crippen molar-refractivity contribution in [2.24, 2.45) is 5.92 Å². The van der Waals surface area contributed by atoms with Crippen molar-refractivity contribution in [2.75, 3.05) is 26.2 Å². The maximum absolute atomic E-state index is 12.4. The smallest absolute Gasteiger partial charge is 0.245 e. The van der Waals surface area contributed by atoms with Crippen LogP contribution in [0.1, 0.15) is 26.7 Å². The second kappa shape index (κ2) is 4.64. The fraction of sp³-hybridized carbons (Fsp3) is 0.833. The van der Waals surface area contributed by atoms with Crippen molar-refractivity contribution >= 4 is 11.8 Å². The lowest BCUT2D eigenvalue weighted by Gasteiger charge is -2.43. The van der Waals surface area contributed by atoms with E-state index in [9.17, 15) is 9.59 Å². The first-order chi connectivity index (χ1) is 8.03. The Bertz CT molecular complexity index is 322. The molecule has 0 aromatic rings. The number of amides is 2. The maximum atomic E-state index is 12.4. The van der Waals surface area contributed by atoms with Gasteiger partial charge in [-0.05, 0) is 33.2 Å². The SMILES string of the molecule is CC1(C)C(=O)NCCN1C(=O)[C@H]1CCCNC1. The van der Waals surface area contributed by atoms with Gasteiger partial charge in [0.05, 0.1) is 5.92 Å². The average molecular weight is 239 g/mol. The van der Waals surface area contributed by atoms with Crippen molar-refractivity contribution in [3.05, 3.63) is 0 Å². The molecule has 0 aromatic heterocycles. The summed E-state index contributed by atoms with van der Waals surface area (Å²) in [4.78, 5) is 26.0. The molecule has 0 saturated carbocycles. The van der Waals surface area contributed by atoms with Crippen LogP contribution < -0.4 is 10.6 Å². The molecular formula is C12H21N3O2. The quantitative estimate of drug-likeness (QED) is 0.662. The zero-order valence-corrected chi connectivity index (χ0v) is 10.6. The molecule has 2 aliphatic rings. The molecule has 1 atom stereocenters. The molecule has 0 aliphatic carbocycles. The van der Waals surface area contributed by atoms with E-state index in [1.54, 1.807) is 4.90 Å². The Labute approximate surface area is 102 Å². The van der Waals surface area contributed by atoms with E-state index in [1.165, 1.54) is 0 Å². The lowest BCUT2D eigenvalue weighted by Crippen LogP contribution is -2.64. The van der Waals surface area contributed by atoms with Gasteiger partial charge >= 0.3 is 0 Å². The van der Waals surface area contributed by atoms with E-state index < -0.39 is 5.54 Å². The highest BCUT2D eigenvalue weighted by molar-refractivity contribution is 5.92. The molecule has 17 heavy (non-hydrogen) atoms. The topological polar surface area (TPSA) is 61.4 Å². The van der Waals surface area contributed by atoms with Crippen LogP contribution >= 0.6 is 0 Å². The molecule has 5 nitrogen and oxygen atoms in total. The van der Waals surface area contributed by atoms with E-state index in [0.29, 0.717) is 13.1 Å². The Morgan fingerprint density at radius 3 is 2.82 bits per heavy atom. The first-order valence-corrected chi connectivity index (χ1v) is 6.34. The lowest BCUT2D eigenvalue weighted by atomic mass is 9.92. The van der Waals surface area contributed by atoms with Gasteiger partial charge in [0, 0.05) is 19.6 Å². The summed E-state index contributed by atoms with van der Waals surface area (Å²) < 4.78 is 0. The monoisotopic (exact) mass is 239 g/mol. The number of piperidine rings is 1. The van der Waals surface area contributed by atoms with Crippen LogP contribution in [0.3, 0.4) is 0 Å². The van der Waals surface area contributed by atoms with Crippen LogP contribution in [-0.4, -0.2) is 48.4 Å². The number of hydrogen-bond donors (Lipinski definition) is 2. The molecule has 5 heteroatoms. The third kappa shape index (κ3) is 2.29. The third-order valence-electron chi connectivity index (χ3n) is 3.76. The third-order valence-corrected chi connectivity index (χ3v) is 3.76. The summed E-state index contributed by atoms with van der Waals surface area (Å²) in [6.07, 6.45) is 1.97. The maximum Gasteiger partial charge on any atom is 0.245 e. The summed E-state index contributed by atoms with van der Waals surface area (Å²) in [5.74, 6) is 0.104. The van der Waals surface area contributed by atoms with E-state index in [-0.39, 0.29) is 17.7 Å². The second-order valence-electron chi connectivity index (χ2n) is 5.35. The van der Waals surface area contributed by atoms with Gasteiger partial charge in [0.25, 0.3) is 0 Å². The van der Waals surface area contributed by atoms with Crippen LogP contribution in [0.2, 0.25) is 0 Å². The molecule has 0 aromatic carbocycles. The normalized spacial score (nSPS) is 28.7. The van der Waals surface area contributed by atoms with Gasteiger partial charge in [0.2, 0.25) is 11.8 Å². The van der Waals surface area contributed by atoms with Gasteiger partial charge in [-0.15, -0.1) is 0 Å². The highest BCUT2D eigenvalue weighted by Gasteiger charge is 2.42. The molecule has 2 fully saturated rings. The van der Waals surface area contributed by atoms with Crippen LogP contribution in [0.5, 0.6) is 0 Å². The van der Waals surface area contributed by atoms with Gasteiger partial charge in [0.1, 0.15) is 5.54 Å². The van der Waals surface area contributed by atoms with Crippen LogP contribution in [0.25, 0.3) is 0 Å². The van der Waals surface area contributed by atoms with Gasteiger partial charge in [-0.2, -0.15) is 0 Å². The first kappa shape index (κ1) is 12.4. The molecular weight excluding hydrogens is 218 g/mol. The Kier molecular flexibility index (Phi) is 3.38. The molecule has 0 spiro atoms. The van der Waals surface area contributed by atoms with Crippen molar-refractivity contribution in [1.29, 1.82) is 0 Å². The Morgan fingerprint density at radius 2 is 2.18 bits per heavy atom. The Balaban J connectivity index is 2.09. The largest absolute Gasteiger partial charge is 0.352 e. The highest BCUT2D eigenvalue weighted by atomic mass is 16.2. The van der Waals surface area contributed by atoms with Crippen molar-refractivity contribution in [3.63, 3.8) is 0 Å². The first-order valence-electron chi connectivity index (χ1n) is 6.34. The summed E-state index contributed by atoms with van der Waals surface area (Å²) in [6.45, 7) is 6.55. The van der Waals surface area contributed by atoms with Crippen molar-refractivity contribution in [2.45, 2.75) is 32.2 Å². The molecule has 2 N–H and O–H groups in total. The minimum atomic E-state index is -0.715. The van der Waals surface area contributed by atoms with E-state index >= 15 is 0 Å². The number of hydrogen-bond acceptors (Lipinski definition) is 3. The summed E-state index contributed by atoms with van der Waals surface area (Å²) in [7, 11) is 0. The molecule has 2 rings (SSSR count). The number of carbonyl (C=O) groups is 2. The zero-order valence-electron chi connectivity index (χ0n) is 10.6. The number of piperazine rings is 1. The summed E-state index contributed by atoms with van der Waals surface area (Å²) in [5.41, 5.74) is -0.715. The molecule has 2 aliphatic heterocycles. The molecule has 96 valence electrons. The van der Waals surface area contributed by atoms with Crippen LogP contribution in [-0.2, 0) is 9.59 Å². The molecule has 0 radical (unpaired) electrons. The van der Waals surface area contributed by atoms with Gasteiger partial charge in [0.15, 0.2) is 0 Å². The van der Waals surface area contributed by atoms with Crippen molar-refractivity contribution in [1.82, 2.24) is 15.5 Å². The summed E-state index contributed by atoms with van der Waals surface area (Å²) in [5, 5.41) is 6.06. The molecule has 0 unspecified atom stereocenters. The van der Waals surface area contributed by atoms with Gasteiger partial charge < -0.3 is 15.5 Å². The van der Waals surface area contributed by atoms with E-state index in [1.807, 2.05) is 13.8 Å². The summed E-state index contributed by atoms with van der Waals surface area (Å²) in [6, 6.07) is 0. The lowest BCUT2D eigenvalue weighted by molar-refractivity contribution is -0.152.